The van der Waals surface area contributed by atoms with Gasteiger partial charge in [-0.15, -0.1) is 0 Å². The van der Waals surface area contributed by atoms with Crippen LogP contribution in [0.5, 0.6) is 11.5 Å². The minimum absolute atomic E-state index is 0.289. The van der Waals surface area contributed by atoms with Gasteiger partial charge in [-0.25, -0.2) is 13.4 Å². The van der Waals surface area contributed by atoms with Gasteiger partial charge in [0.2, 0.25) is 15.9 Å². The summed E-state index contributed by atoms with van der Waals surface area (Å²) in [5, 5.41) is 2.93. The summed E-state index contributed by atoms with van der Waals surface area (Å²) in [5.41, 5.74) is 0.573. The van der Waals surface area contributed by atoms with Crippen molar-refractivity contribution >= 4 is 42.6 Å². The minimum Gasteiger partial charge on any atom is -0.495 e. The Kier molecular flexibility index (Phi) is 5.07. The highest BCUT2D eigenvalue weighted by Gasteiger charge is 2.18. The topological polar surface area (TPSA) is 97.8 Å². The average molecular weight is 359 g/mol. The number of rotatable bonds is 6. The highest BCUT2D eigenvalue weighted by Crippen LogP contribution is 2.38. The number of sulfonamides is 1. The fourth-order valence-electron chi connectivity index (χ4n) is 1.82. The van der Waals surface area contributed by atoms with Gasteiger partial charge in [0.15, 0.2) is 5.13 Å². The summed E-state index contributed by atoms with van der Waals surface area (Å²) in [5.74, 6) is 0.702. The lowest BCUT2D eigenvalue weighted by molar-refractivity contribution is -0.116. The molecule has 0 saturated carbocycles. The molecule has 0 bridgehead atoms. The van der Waals surface area contributed by atoms with Gasteiger partial charge in [0.25, 0.3) is 0 Å². The number of benzene rings is 1. The number of ether oxygens (including phenoxy) is 2. The quantitative estimate of drug-likeness (QED) is 0.831. The lowest BCUT2D eigenvalue weighted by Crippen LogP contribution is -2.34. The minimum atomic E-state index is -3.42. The number of likely N-dealkylation sites (N-methyl/N-ethyl adjacent to an activating group) is 1. The van der Waals surface area contributed by atoms with Crippen molar-refractivity contribution in [1.29, 1.82) is 0 Å². The molecule has 0 fully saturated rings. The van der Waals surface area contributed by atoms with E-state index in [0.717, 1.165) is 15.3 Å². The Morgan fingerprint density at radius 3 is 2.48 bits per heavy atom. The summed E-state index contributed by atoms with van der Waals surface area (Å²) >= 11 is 1.22. The Morgan fingerprint density at radius 2 is 1.91 bits per heavy atom. The summed E-state index contributed by atoms with van der Waals surface area (Å²) in [6.07, 6.45) is 1.04. The molecule has 0 aliphatic carbocycles. The first kappa shape index (κ1) is 17.4. The van der Waals surface area contributed by atoms with E-state index >= 15 is 0 Å². The molecule has 0 atom stereocenters. The van der Waals surface area contributed by atoms with Crippen LogP contribution in [-0.2, 0) is 14.8 Å². The van der Waals surface area contributed by atoms with Crippen molar-refractivity contribution in [2.45, 2.75) is 0 Å². The maximum absolute atomic E-state index is 11.9. The van der Waals surface area contributed by atoms with Crippen LogP contribution in [0.3, 0.4) is 0 Å². The van der Waals surface area contributed by atoms with Gasteiger partial charge in [-0.1, -0.05) is 11.3 Å². The Labute approximate surface area is 138 Å². The van der Waals surface area contributed by atoms with Gasteiger partial charge in [0.05, 0.1) is 27.0 Å². The number of nitrogens with one attached hydrogen (secondary N) is 1. The number of aromatic nitrogens is 1. The van der Waals surface area contributed by atoms with Gasteiger partial charge >= 0.3 is 0 Å². The fourth-order valence-corrected chi connectivity index (χ4v) is 3.16. The van der Waals surface area contributed by atoms with Crippen molar-refractivity contribution in [3.8, 4) is 11.5 Å². The summed E-state index contributed by atoms with van der Waals surface area (Å²) in [4.78, 5) is 16.3. The Hall–Kier alpha value is -1.91. The molecule has 126 valence electrons. The molecule has 1 N–H and O–H groups in total. The van der Waals surface area contributed by atoms with Gasteiger partial charge in [-0.05, 0) is 12.1 Å². The first-order valence-electron chi connectivity index (χ1n) is 6.49. The standard InChI is InChI=1S/C13H17N3O5S2/c1-16(23(4,18)19)7-10(17)14-13-15-11-8(20-2)5-6-9(21-3)12(11)22-13/h5-6H,7H2,1-4H3,(H,14,15,17). The van der Waals surface area contributed by atoms with E-state index in [-0.39, 0.29) is 6.54 Å². The van der Waals surface area contributed by atoms with Crippen LogP contribution in [-0.4, -0.2) is 57.7 Å². The first-order valence-corrected chi connectivity index (χ1v) is 9.15. The van der Waals surface area contributed by atoms with Gasteiger partial charge in [-0.2, -0.15) is 4.31 Å². The fraction of sp³-hybridized carbons (Fsp3) is 0.385. The molecule has 0 aliphatic heterocycles. The van der Waals surface area contributed by atoms with E-state index < -0.39 is 15.9 Å². The molecule has 1 heterocycles. The molecule has 1 aromatic carbocycles. The molecule has 2 rings (SSSR count). The number of carbonyl (C=O) groups is 1. The van der Waals surface area contributed by atoms with Gasteiger partial charge < -0.3 is 14.8 Å². The van der Waals surface area contributed by atoms with Crippen LogP contribution in [0.1, 0.15) is 0 Å². The third-order valence-electron chi connectivity index (χ3n) is 3.09. The molecular weight excluding hydrogens is 342 g/mol. The largest absolute Gasteiger partial charge is 0.495 e. The zero-order valence-electron chi connectivity index (χ0n) is 13.1. The molecule has 2 aromatic rings. The normalized spacial score (nSPS) is 11.7. The number of fused-ring (bicyclic) bond motifs is 1. The number of carbonyl (C=O) groups excluding carboxylic acids is 1. The van der Waals surface area contributed by atoms with E-state index in [1.807, 2.05) is 0 Å². The Balaban J connectivity index is 2.26. The molecule has 0 spiro atoms. The van der Waals surface area contributed by atoms with Crippen LogP contribution in [0, 0.1) is 0 Å². The molecule has 0 radical (unpaired) electrons. The average Bonchev–Trinajstić information content (AvgIpc) is 2.88. The molecule has 8 nitrogen and oxygen atoms in total. The second kappa shape index (κ2) is 6.69. The summed E-state index contributed by atoms with van der Waals surface area (Å²) in [6.45, 7) is -0.289. The van der Waals surface area contributed by atoms with Crippen LogP contribution in [0.4, 0.5) is 5.13 Å². The molecule has 1 amide bonds. The van der Waals surface area contributed by atoms with Crippen molar-refractivity contribution in [2.75, 3.05) is 39.4 Å². The molecule has 23 heavy (non-hydrogen) atoms. The monoisotopic (exact) mass is 359 g/mol. The van der Waals surface area contributed by atoms with Crippen molar-refractivity contribution in [1.82, 2.24) is 9.29 Å². The second-order valence-electron chi connectivity index (χ2n) is 4.73. The molecule has 1 aromatic heterocycles. The van der Waals surface area contributed by atoms with Crippen LogP contribution in [0.25, 0.3) is 10.2 Å². The van der Waals surface area contributed by atoms with Crippen molar-refractivity contribution in [3.05, 3.63) is 12.1 Å². The maximum Gasteiger partial charge on any atom is 0.241 e. The molecule has 0 aliphatic rings. The van der Waals surface area contributed by atoms with Crippen LogP contribution >= 0.6 is 11.3 Å². The smallest absolute Gasteiger partial charge is 0.241 e. The zero-order chi connectivity index (χ0) is 17.2. The summed E-state index contributed by atoms with van der Waals surface area (Å²) in [6, 6.07) is 3.48. The Bertz CT molecular complexity index is 790. The number of nitrogens with zero attached hydrogens (tertiary/aromatic N) is 2. The van der Waals surface area contributed by atoms with Gasteiger partial charge in [0, 0.05) is 7.05 Å². The predicted molar refractivity (Wildman–Crippen MR) is 88.8 cm³/mol. The third-order valence-corrected chi connectivity index (χ3v) is 5.34. The second-order valence-corrected chi connectivity index (χ2v) is 7.82. The molecule has 0 unspecified atom stereocenters. The van der Waals surface area contributed by atoms with Crippen LogP contribution in [0.2, 0.25) is 0 Å². The Morgan fingerprint density at radius 1 is 1.30 bits per heavy atom. The number of amides is 1. The van der Waals surface area contributed by atoms with E-state index in [9.17, 15) is 13.2 Å². The highest BCUT2D eigenvalue weighted by molar-refractivity contribution is 7.88. The third kappa shape index (κ3) is 3.89. The number of hydrogen-bond donors (Lipinski definition) is 1. The lowest BCUT2D eigenvalue weighted by Gasteiger charge is -2.12. The molecule has 10 heteroatoms. The van der Waals surface area contributed by atoms with E-state index in [2.05, 4.69) is 10.3 Å². The van der Waals surface area contributed by atoms with Crippen LogP contribution in [0.15, 0.2) is 12.1 Å². The molecule has 0 saturated heterocycles. The molecular formula is C13H17N3O5S2. The van der Waals surface area contributed by atoms with Crippen molar-refractivity contribution < 1.29 is 22.7 Å². The summed E-state index contributed by atoms with van der Waals surface area (Å²) < 4.78 is 34.9. The number of methoxy groups -OCH3 is 2. The maximum atomic E-state index is 11.9. The van der Waals surface area contributed by atoms with Crippen molar-refractivity contribution in [3.63, 3.8) is 0 Å². The van der Waals surface area contributed by atoms with E-state index in [4.69, 9.17) is 9.47 Å². The first-order chi connectivity index (χ1) is 10.8. The summed E-state index contributed by atoms with van der Waals surface area (Å²) in [7, 11) is 0.982. The lowest BCUT2D eigenvalue weighted by atomic mass is 10.3. The highest BCUT2D eigenvalue weighted by atomic mass is 32.2. The number of thiazole rings is 1. The number of anilines is 1. The van der Waals surface area contributed by atoms with Gasteiger partial charge in [0.1, 0.15) is 21.7 Å². The predicted octanol–water partition coefficient (Wildman–Crippen LogP) is 1.14. The van der Waals surface area contributed by atoms with E-state index in [1.54, 1.807) is 19.2 Å². The number of hydrogen-bond acceptors (Lipinski definition) is 7. The van der Waals surface area contributed by atoms with E-state index in [0.29, 0.717) is 22.1 Å². The zero-order valence-corrected chi connectivity index (χ0v) is 14.7. The van der Waals surface area contributed by atoms with Crippen LogP contribution < -0.4 is 14.8 Å². The van der Waals surface area contributed by atoms with E-state index in [1.165, 1.54) is 25.5 Å². The SMILES string of the molecule is COc1ccc(OC)c2sc(NC(=O)CN(C)S(C)(=O)=O)nc12. The van der Waals surface area contributed by atoms with Crippen molar-refractivity contribution in [2.24, 2.45) is 0 Å². The van der Waals surface area contributed by atoms with Gasteiger partial charge in [-0.3, -0.25) is 4.79 Å².